The Labute approximate surface area is 116 Å². The molecular formula is C14H16N2O2S. The first-order valence-electron chi connectivity index (χ1n) is 6.36. The van der Waals surface area contributed by atoms with Crippen LogP contribution in [0, 0.1) is 6.92 Å². The van der Waals surface area contributed by atoms with Gasteiger partial charge in [0.2, 0.25) is 5.89 Å². The molecule has 0 saturated carbocycles. The van der Waals surface area contributed by atoms with Crippen molar-refractivity contribution in [2.24, 2.45) is 0 Å². The molecule has 2 heterocycles. The summed E-state index contributed by atoms with van der Waals surface area (Å²) in [6.45, 7) is 2.07. The highest BCUT2D eigenvalue weighted by Gasteiger charge is 2.31. The molecule has 1 fully saturated rings. The molecule has 1 aliphatic rings. The Morgan fingerprint density at radius 1 is 1.42 bits per heavy atom. The van der Waals surface area contributed by atoms with E-state index in [4.69, 9.17) is 4.52 Å². The van der Waals surface area contributed by atoms with Crippen molar-refractivity contribution in [1.82, 2.24) is 10.1 Å². The van der Waals surface area contributed by atoms with Gasteiger partial charge in [-0.2, -0.15) is 16.7 Å². The highest BCUT2D eigenvalue weighted by atomic mass is 32.2. The van der Waals surface area contributed by atoms with E-state index in [2.05, 4.69) is 35.3 Å². The van der Waals surface area contributed by atoms with Gasteiger partial charge in [0.05, 0.1) is 12.0 Å². The van der Waals surface area contributed by atoms with E-state index in [1.165, 1.54) is 11.1 Å². The van der Waals surface area contributed by atoms with E-state index in [-0.39, 0.29) is 12.0 Å². The summed E-state index contributed by atoms with van der Waals surface area (Å²) >= 11 is 1.72. The number of thioether (sulfide) groups is 1. The van der Waals surface area contributed by atoms with Crippen LogP contribution in [0.25, 0.3) is 0 Å². The van der Waals surface area contributed by atoms with Crippen molar-refractivity contribution in [3.8, 4) is 0 Å². The molecule has 2 aromatic rings. The van der Waals surface area contributed by atoms with Crippen molar-refractivity contribution in [2.75, 3.05) is 11.5 Å². The predicted octanol–water partition coefficient (Wildman–Crippen LogP) is 2.16. The maximum Gasteiger partial charge on any atom is 0.233 e. The van der Waals surface area contributed by atoms with Gasteiger partial charge in [0.25, 0.3) is 0 Å². The van der Waals surface area contributed by atoms with Crippen molar-refractivity contribution < 1.29 is 9.63 Å². The first kappa shape index (κ1) is 12.7. The second kappa shape index (κ2) is 5.35. The molecule has 1 aromatic heterocycles. The average molecular weight is 276 g/mol. The highest BCUT2D eigenvalue weighted by Crippen LogP contribution is 2.31. The Bertz CT molecular complexity index is 570. The molecule has 0 bridgehead atoms. The predicted molar refractivity (Wildman–Crippen MR) is 74.4 cm³/mol. The number of aliphatic hydroxyl groups excluding tert-OH is 1. The largest absolute Gasteiger partial charge is 0.391 e. The maximum atomic E-state index is 9.83. The number of aromatic nitrogens is 2. The number of aliphatic hydroxyl groups is 1. The standard InChI is InChI=1S/C14H16N2O2S/c1-9-3-2-4-10(5-9)6-13-15-14(18-16-13)11-7-19-8-12(11)17/h2-5,11-12,17H,6-8H2,1H3. The molecule has 0 amide bonds. The third-order valence-electron chi connectivity index (χ3n) is 3.30. The molecule has 1 aromatic carbocycles. The van der Waals surface area contributed by atoms with Crippen LogP contribution in [0.1, 0.15) is 28.8 Å². The Morgan fingerprint density at radius 3 is 3.05 bits per heavy atom. The zero-order chi connectivity index (χ0) is 13.2. The topological polar surface area (TPSA) is 59.2 Å². The lowest BCUT2D eigenvalue weighted by atomic mass is 10.1. The molecule has 4 nitrogen and oxygen atoms in total. The van der Waals surface area contributed by atoms with E-state index in [9.17, 15) is 5.11 Å². The van der Waals surface area contributed by atoms with Gasteiger partial charge in [-0.25, -0.2) is 0 Å². The Balaban J connectivity index is 1.74. The lowest BCUT2D eigenvalue weighted by Gasteiger charge is -2.06. The second-order valence-electron chi connectivity index (χ2n) is 4.93. The Kier molecular flexibility index (Phi) is 3.57. The van der Waals surface area contributed by atoms with Crippen LogP contribution in [0.15, 0.2) is 28.8 Å². The van der Waals surface area contributed by atoms with Gasteiger partial charge in [0.15, 0.2) is 5.82 Å². The molecule has 1 aliphatic heterocycles. The molecule has 2 atom stereocenters. The molecule has 1 N–H and O–H groups in total. The molecule has 0 spiro atoms. The van der Waals surface area contributed by atoms with E-state index in [0.29, 0.717) is 18.1 Å². The van der Waals surface area contributed by atoms with Crippen LogP contribution < -0.4 is 0 Å². The fourth-order valence-corrected chi connectivity index (χ4v) is 3.50. The zero-order valence-corrected chi connectivity index (χ0v) is 11.6. The molecule has 0 aliphatic carbocycles. The minimum absolute atomic E-state index is 0.0104. The summed E-state index contributed by atoms with van der Waals surface area (Å²) in [4.78, 5) is 4.42. The highest BCUT2D eigenvalue weighted by molar-refractivity contribution is 7.99. The summed E-state index contributed by atoms with van der Waals surface area (Å²) < 4.78 is 5.29. The number of benzene rings is 1. The van der Waals surface area contributed by atoms with Crippen LogP contribution >= 0.6 is 11.8 Å². The number of aryl methyl sites for hydroxylation is 1. The average Bonchev–Trinajstić information content (AvgIpc) is 2.98. The normalized spacial score (nSPS) is 22.8. The lowest BCUT2D eigenvalue weighted by molar-refractivity contribution is 0.164. The molecule has 0 radical (unpaired) electrons. The molecular weight excluding hydrogens is 260 g/mol. The first-order chi connectivity index (χ1) is 9.22. The molecule has 5 heteroatoms. The quantitative estimate of drug-likeness (QED) is 0.931. The fraction of sp³-hybridized carbons (Fsp3) is 0.429. The first-order valence-corrected chi connectivity index (χ1v) is 7.51. The van der Waals surface area contributed by atoms with E-state index in [1.54, 1.807) is 11.8 Å². The van der Waals surface area contributed by atoms with Gasteiger partial charge in [0.1, 0.15) is 0 Å². The van der Waals surface area contributed by atoms with Crippen LogP contribution in [-0.2, 0) is 6.42 Å². The summed E-state index contributed by atoms with van der Waals surface area (Å²) in [5.41, 5.74) is 2.40. The van der Waals surface area contributed by atoms with Crippen molar-refractivity contribution in [3.05, 3.63) is 47.1 Å². The van der Waals surface area contributed by atoms with E-state index < -0.39 is 0 Å². The van der Waals surface area contributed by atoms with Gasteiger partial charge in [-0.05, 0) is 12.5 Å². The Hall–Kier alpha value is -1.33. The van der Waals surface area contributed by atoms with Crippen molar-refractivity contribution >= 4 is 11.8 Å². The summed E-state index contributed by atoms with van der Waals surface area (Å²) in [5, 5.41) is 13.8. The minimum atomic E-state index is -0.364. The SMILES string of the molecule is Cc1cccc(Cc2noc(C3CSCC3O)n2)c1. The molecule has 100 valence electrons. The van der Waals surface area contributed by atoms with E-state index >= 15 is 0 Å². The lowest BCUT2D eigenvalue weighted by Crippen LogP contribution is -2.15. The van der Waals surface area contributed by atoms with Crippen LogP contribution in [-0.4, -0.2) is 32.9 Å². The van der Waals surface area contributed by atoms with Gasteiger partial charge in [-0.3, -0.25) is 0 Å². The third kappa shape index (κ3) is 2.82. The van der Waals surface area contributed by atoms with E-state index in [1.807, 2.05) is 6.07 Å². The monoisotopic (exact) mass is 276 g/mol. The fourth-order valence-electron chi connectivity index (χ4n) is 2.27. The number of rotatable bonds is 3. The van der Waals surface area contributed by atoms with Crippen molar-refractivity contribution in [2.45, 2.75) is 25.4 Å². The summed E-state index contributed by atoms with van der Waals surface area (Å²) in [5.74, 6) is 2.85. The number of hydrogen-bond acceptors (Lipinski definition) is 5. The van der Waals surface area contributed by atoms with Crippen LogP contribution in [0.3, 0.4) is 0 Å². The third-order valence-corrected chi connectivity index (χ3v) is 4.47. The second-order valence-corrected chi connectivity index (χ2v) is 6.00. The Morgan fingerprint density at radius 2 is 2.32 bits per heavy atom. The zero-order valence-electron chi connectivity index (χ0n) is 10.7. The van der Waals surface area contributed by atoms with Crippen molar-refractivity contribution in [1.29, 1.82) is 0 Å². The van der Waals surface area contributed by atoms with Gasteiger partial charge in [0, 0.05) is 17.9 Å². The van der Waals surface area contributed by atoms with Crippen LogP contribution in [0.4, 0.5) is 0 Å². The molecule has 1 saturated heterocycles. The van der Waals surface area contributed by atoms with Crippen LogP contribution in [0.2, 0.25) is 0 Å². The maximum absolute atomic E-state index is 9.83. The molecule has 19 heavy (non-hydrogen) atoms. The minimum Gasteiger partial charge on any atom is -0.391 e. The van der Waals surface area contributed by atoms with Crippen molar-refractivity contribution in [3.63, 3.8) is 0 Å². The van der Waals surface area contributed by atoms with Crippen LogP contribution in [0.5, 0.6) is 0 Å². The van der Waals surface area contributed by atoms with Gasteiger partial charge in [-0.1, -0.05) is 35.0 Å². The van der Waals surface area contributed by atoms with Gasteiger partial charge >= 0.3 is 0 Å². The summed E-state index contributed by atoms with van der Waals surface area (Å²) in [6, 6.07) is 8.28. The molecule has 2 unspecified atom stereocenters. The number of nitrogens with zero attached hydrogens (tertiary/aromatic N) is 2. The number of hydrogen-bond donors (Lipinski definition) is 1. The van der Waals surface area contributed by atoms with Gasteiger partial charge < -0.3 is 9.63 Å². The summed E-state index contributed by atoms with van der Waals surface area (Å²) in [7, 11) is 0. The smallest absolute Gasteiger partial charge is 0.233 e. The van der Waals surface area contributed by atoms with Gasteiger partial charge in [-0.15, -0.1) is 0 Å². The summed E-state index contributed by atoms with van der Waals surface area (Å²) in [6.07, 6.45) is 0.304. The molecule has 3 rings (SSSR count). The van der Waals surface area contributed by atoms with E-state index in [0.717, 1.165) is 11.5 Å².